The second kappa shape index (κ2) is 5.50. The van der Waals surface area contributed by atoms with E-state index in [1.807, 2.05) is 23.1 Å². The van der Waals surface area contributed by atoms with Gasteiger partial charge in [-0.2, -0.15) is 0 Å². The maximum atomic E-state index is 13.4. The van der Waals surface area contributed by atoms with Crippen molar-refractivity contribution in [3.63, 3.8) is 0 Å². The van der Waals surface area contributed by atoms with E-state index in [-0.39, 0.29) is 17.8 Å². The predicted molar refractivity (Wildman–Crippen MR) is 85.5 cm³/mol. The van der Waals surface area contributed by atoms with Gasteiger partial charge in [0.15, 0.2) is 0 Å². The first-order valence-corrected chi connectivity index (χ1v) is 7.72. The van der Waals surface area contributed by atoms with Gasteiger partial charge in [-0.25, -0.2) is 9.37 Å². The first-order chi connectivity index (χ1) is 11.2. The van der Waals surface area contributed by atoms with E-state index in [4.69, 9.17) is 0 Å². The summed E-state index contributed by atoms with van der Waals surface area (Å²) in [5.41, 5.74) is 2.21. The number of pyridine rings is 1. The van der Waals surface area contributed by atoms with Gasteiger partial charge in [0.2, 0.25) is 0 Å². The Kier molecular flexibility index (Phi) is 3.33. The number of aromatic amines is 1. The molecule has 4 rings (SSSR count). The molecule has 4 nitrogen and oxygen atoms in total. The molecule has 3 aromatic rings. The van der Waals surface area contributed by atoms with Crippen LogP contribution >= 0.6 is 0 Å². The number of amides is 1. The fourth-order valence-electron chi connectivity index (χ4n) is 3.28. The fourth-order valence-corrected chi connectivity index (χ4v) is 3.28. The molecule has 116 valence electrons. The summed E-state index contributed by atoms with van der Waals surface area (Å²) in [7, 11) is 0. The molecule has 23 heavy (non-hydrogen) atoms. The lowest BCUT2D eigenvalue weighted by atomic mass is 10.1. The summed E-state index contributed by atoms with van der Waals surface area (Å²) in [4.78, 5) is 22.2. The highest BCUT2D eigenvalue weighted by molar-refractivity contribution is 5.94. The number of hydrogen-bond acceptors (Lipinski definition) is 2. The summed E-state index contributed by atoms with van der Waals surface area (Å²) in [5.74, 6) is -0.514. The van der Waals surface area contributed by atoms with Crippen molar-refractivity contribution in [2.75, 3.05) is 6.54 Å². The molecule has 3 heterocycles. The van der Waals surface area contributed by atoms with Gasteiger partial charge in [-0.3, -0.25) is 4.79 Å². The summed E-state index contributed by atoms with van der Waals surface area (Å²) in [6.07, 6.45) is 3.58. The molecule has 1 saturated heterocycles. The maximum absolute atomic E-state index is 13.4. The van der Waals surface area contributed by atoms with Crippen molar-refractivity contribution in [2.24, 2.45) is 0 Å². The first-order valence-electron chi connectivity index (χ1n) is 7.72. The lowest BCUT2D eigenvalue weighted by Gasteiger charge is -2.24. The summed E-state index contributed by atoms with van der Waals surface area (Å²) in [6.45, 7) is 0.683. The number of carbonyl (C=O) groups is 1. The molecule has 1 atom stereocenters. The molecule has 0 radical (unpaired) electrons. The molecule has 1 aromatic carbocycles. The second-order valence-corrected chi connectivity index (χ2v) is 5.83. The van der Waals surface area contributed by atoms with Crippen molar-refractivity contribution in [1.82, 2.24) is 14.9 Å². The lowest BCUT2D eigenvalue weighted by Crippen LogP contribution is -2.30. The molecular weight excluding hydrogens is 293 g/mol. The third-order valence-corrected chi connectivity index (χ3v) is 4.36. The van der Waals surface area contributed by atoms with Gasteiger partial charge >= 0.3 is 0 Å². The van der Waals surface area contributed by atoms with Crippen LogP contribution in [0.25, 0.3) is 11.0 Å². The Hall–Kier alpha value is -2.69. The van der Waals surface area contributed by atoms with Crippen molar-refractivity contribution < 1.29 is 9.18 Å². The van der Waals surface area contributed by atoms with E-state index in [9.17, 15) is 9.18 Å². The summed E-state index contributed by atoms with van der Waals surface area (Å²) in [6, 6.07) is 11.8. The number of likely N-dealkylation sites (tertiary alicyclic amines) is 1. The van der Waals surface area contributed by atoms with Crippen LogP contribution in [0.4, 0.5) is 4.39 Å². The molecule has 0 unspecified atom stereocenters. The zero-order valence-corrected chi connectivity index (χ0v) is 12.5. The molecule has 5 heteroatoms. The van der Waals surface area contributed by atoms with Crippen LogP contribution in [0.15, 0.2) is 48.7 Å². The van der Waals surface area contributed by atoms with Crippen LogP contribution in [0.5, 0.6) is 0 Å². The van der Waals surface area contributed by atoms with Gasteiger partial charge in [-0.05, 0) is 49.2 Å². The number of fused-ring (bicyclic) bond motifs is 1. The number of halogens is 1. The first kappa shape index (κ1) is 13.9. The minimum atomic E-state index is -0.388. The van der Waals surface area contributed by atoms with Crippen molar-refractivity contribution in [3.8, 4) is 0 Å². The van der Waals surface area contributed by atoms with E-state index in [0.29, 0.717) is 12.1 Å². The van der Waals surface area contributed by atoms with Crippen LogP contribution in [-0.4, -0.2) is 27.3 Å². The number of nitrogens with one attached hydrogen (secondary N) is 1. The summed E-state index contributed by atoms with van der Waals surface area (Å²) < 4.78 is 13.4. The average Bonchev–Trinajstić information content (AvgIpc) is 3.20. The van der Waals surface area contributed by atoms with E-state index in [0.717, 1.165) is 29.6 Å². The van der Waals surface area contributed by atoms with E-state index >= 15 is 0 Å². The largest absolute Gasteiger partial charge is 0.341 e. The van der Waals surface area contributed by atoms with Crippen molar-refractivity contribution in [3.05, 3.63) is 65.7 Å². The molecule has 1 amide bonds. The molecular formula is C18H16FN3O. The number of benzene rings is 1. The van der Waals surface area contributed by atoms with E-state index in [2.05, 4.69) is 9.97 Å². The van der Waals surface area contributed by atoms with Gasteiger partial charge in [0.05, 0.1) is 6.04 Å². The fraction of sp³-hybridized carbons (Fsp3) is 0.222. The Morgan fingerprint density at radius 2 is 2.17 bits per heavy atom. The molecule has 1 aliphatic rings. The molecule has 1 N–H and O–H groups in total. The van der Waals surface area contributed by atoms with Crippen LogP contribution in [0.3, 0.4) is 0 Å². The van der Waals surface area contributed by atoms with Gasteiger partial charge in [0.1, 0.15) is 11.5 Å². The Bertz CT molecular complexity index is 840. The van der Waals surface area contributed by atoms with Crippen LogP contribution in [0.2, 0.25) is 0 Å². The standard InChI is InChI=1S/C18H16FN3O/c19-14-6-1-4-13(10-14)18(23)22-9-3-7-16(22)15-11-12-5-2-8-20-17(12)21-15/h1-2,4-6,8,10-11,16H,3,7,9H2,(H,20,21)/t16-/m0/s1. The normalized spacial score (nSPS) is 17.8. The molecule has 1 aliphatic heterocycles. The van der Waals surface area contributed by atoms with Gasteiger partial charge in [-0.1, -0.05) is 6.07 Å². The maximum Gasteiger partial charge on any atom is 0.254 e. The van der Waals surface area contributed by atoms with E-state index in [1.165, 1.54) is 12.1 Å². The van der Waals surface area contributed by atoms with Crippen LogP contribution in [-0.2, 0) is 0 Å². The molecule has 2 aromatic heterocycles. The topological polar surface area (TPSA) is 49.0 Å². The molecule has 0 saturated carbocycles. The molecule has 1 fully saturated rings. The average molecular weight is 309 g/mol. The quantitative estimate of drug-likeness (QED) is 0.785. The Labute approximate surface area is 133 Å². The Morgan fingerprint density at radius 3 is 3.00 bits per heavy atom. The molecule has 0 aliphatic carbocycles. The Morgan fingerprint density at radius 1 is 1.26 bits per heavy atom. The zero-order chi connectivity index (χ0) is 15.8. The highest BCUT2D eigenvalue weighted by Crippen LogP contribution is 2.33. The third kappa shape index (κ3) is 2.48. The van der Waals surface area contributed by atoms with Gasteiger partial charge in [0.25, 0.3) is 5.91 Å². The van der Waals surface area contributed by atoms with Crippen LogP contribution < -0.4 is 0 Å². The number of nitrogens with zero attached hydrogens (tertiary/aromatic N) is 2. The Balaban J connectivity index is 1.67. The monoisotopic (exact) mass is 309 g/mol. The van der Waals surface area contributed by atoms with E-state index in [1.54, 1.807) is 18.3 Å². The van der Waals surface area contributed by atoms with Gasteiger partial charge in [-0.15, -0.1) is 0 Å². The minimum Gasteiger partial charge on any atom is -0.341 e. The number of hydrogen-bond donors (Lipinski definition) is 1. The predicted octanol–water partition coefficient (Wildman–Crippen LogP) is 3.68. The number of aromatic nitrogens is 2. The number of H-pyrrole nitrogens is 1. The van der Waals surface area contributed by atoms with Crippen molar-refractivity contribution >= 4 is 16.9 Å². The third-order valence-electron chi connectivity index (χ3n) is 4.36. The lowest BCUT2D eigenvalue weighted by molar-refractivity contribution is 0.0733. The summed E-state index contributed by atoms with van der Waals surface area (Å²) >= 11 is 0. The number of rotatable bonds is 2. The molecule has 0 bridgehead atoms. The van der Waals surface area contributed by atoms with Gasteiger partial charge in [0, 0.05) is 29.4 Å². The molecule has 0 spiro atoms. The van der Waals surface area contributed by atoms with Crippen LogP contribution in [0, 0.1) is 5.82 Å². The smallest absolute Gasteiger partial charge is 0.254 e. The SMILES string of the molecule is O=C(c1cccc(F)c1)N1CCC[C@H]1c1cc2cccnc2[nH]1. The van der Waals surface area contributed by atoms with E-state index < -0.39 is 0 Å². The second-order valence-electron chi connectivity index (χ2n) is 5.83. The van der Waals surface area contributed by atoms with Crippen LogP contribution in [0.1, 0.15) is 34.9 Å². The minimum absolute atomic E-state index is 0.0139. The highest BCUT2D eigenvalue weighted by Gasteiger charge is 2.31. The summed E-state index contributed by atoms with van der Waals surface area (Å²) in [5, 5.41) is 1.03. The van der Waals surface area contributed by atoms with Crippen molar-refractivity contribution in [2.45, 2.75) is 18.9 Å². The number of carbonyl (C=O) groups excluding carboxylic acids is 1. The zero-order valence-electron chi connectivity index (χ0n) is 12.5. The van der Waals surface area contributed by atoms with Crippen molar-refractivity contribution in [1.29, 1.82) is 0 Å². The highest BCUT2D eigenvalue weighted by atomic mass is 19.1. The van der Waals surface area contributed by atoms with Gasteiger partial charge < -0.3 is 9.88 Å².